The van der Waals surface area contributed by atoms with Crippen molar-refractivity contribution < 1.29 is 37.4 Å². The van der Waals surface area contributed by atoms with Crippen molar-refractivity contribution in [2.24, 2.45) is 0 Å². The summed E-state index contributed by atoms with van der Waals surface area (Å²) in [7, 11) is 0. The summed E-state index contributed by atoms with van der Waals surface area (Å²) < 4.78 is 41.6. The molecule has 0 bridgehead atoms. The smallest absolute Gasteiger partial charge is 0.306 e. The van der Waals surface area contributed by atoms with Crippen molar-refractivity contribution in [1.82, 2.24) is 5.32 Å². The monoisotopic (exact) mass is 405 g/mol. The number of amides is 1. The summed E-state index contributed by atoms with van der Waals surface area (Å²) in [6.07, 6.45) is 0.187. The Bertz CT molecular complexity index is 947. The van der Waals surface area contributed by atoms with Crippen LogP contribution in [-0.4, -0.2) is 37.6 Å². The molecule has 0 radical (unpaired) electrons. The number of hydrogen-bond acceptors (Lipinski definition) is 6. The van der Waals surface area contributed by atoms with Crippen LogP contribution in [0.2, 0.25) is 0 Å². The van der Waals surface area contributed by atoms with Crippen LogP contribution in [0, 0.1) is 11.6 Å². The number of ether oxygens (including phenoxy) is 3. The van der Waals surface area contributed by atoms with E-state index < -0.39 is 35.9 Å². The first kappa shape index (κ1) is 20.2. The lowest BCUT2D eigenvalue weighted by atomic mass is 10.1. The second-order valence-corrected chi connectivity index (χ2v) is 6.14. The number of ketones is 1. The third kappa shape index (κ3) is 5.28. The van der Waals surface area contributed by atoms with E-state index in [4.69, 9.17) is 14.2 Å². The van der Waals surface area contributed by atoms with E-state index >= 15 is 0 Å². The molecule has 7 nitrogen and oxygen atoms in total. The van der Waals surface area contributed by atoms with Gasteiger partial charge in [0.05, 0.1) is 5.56 Å². The maximum Gasteiger partial charge on any atom is 0.306 e. The van der Waals surface area contributed by atoms with Crippen molar-refractivity contribution in [1.29, 1.82) is 0 Å². The van der Waals surface area contributed by atoms with E-state index in [1.807, 2.05) is 0 Å². The fourth-order valence-corrected chi connectivity index (χ4v) is 2.58. The molecule has 2 aromatic carbocycles. The molecule has 0 aromatic heterocycles. The zero-order chi connectivity index (χ0) is 20.8. The van der Waals surface area contributed by atoms with Crippen molar-refractivity contribution >= 4 is 17.7 Å². The van der Waals surface area contributed by atoms with Gasteiger partial charge in [0.25, 0.3) is 5.91 Å². The van der Waals surface area contributed by atoms with Crippen LogP contribution < -0.4 is 14.8 Å². The average Bonchev–Trinajstić information content (AvgIpc) is 3.17. The lowest BCUT2D eigenvalue weighted by Gasteiger charge is -2.07. The summed E-state index contributed by atoms with van der Waals surface area (Å²) in [6, 6.07) is 7.30. The Balaban J connectivity index is 1.37. The number of nitrogens with one attached hydrogen (secondary N) is 1. The summed E-state index contributed by atoms with van der Waals surface area (Å²) in [6.45, 7) is -0.251. The van der Waals surface area contributed by atoms with Gasteiger partial charge in [0.2, 0.25) is 6.79 Å². The van der Waals surface area contributed by atoms with Crippen LogP contribution in [0.5, 0.6) is 11.5 Å². The van der Waals surface area contributed by atoms with Gasteiger partial charge in [-0.25, -0.2) is 8.78 Å². The summed E-state index contributed by atoms with van der Waals surface area (Å²) in [4.78, 5) is 35.6. The lowest BCUT2D eigenvalue weighted by molar-refractivity contribution is -0.142. The van der Waals surface area contributed by atoms with Gasteiger partial charge >= 0.3 is 5.97 Å². The van der Waals surface area contributed by atoms with E-state index in [2.05, 4.69) is 5.32 Å². The van der Waals surface area contributed by atoms with E-state index in [9.17, 15) is 23.2 Å². The molecule has 0 unspecified atom stereocenters. The maximum atomic E-state index is 13.5. The molecule has 0 aliphatic carbocycles. The fraction of sp³-hybridized carbons (Fsp3) is 0.250. The Labute approximate surface area is 164 Å². The SMILES string of the molecule is O=C(CCCNC(=O)c1ccc(F)cc1F)OCC(=O)c1ccc2c(c1)OCO2. The highest BCUT2D eigenvalue weighted by molar-refractivity contribution is 5.98. The van der Waals surface area contributed by atoms with Crippen molar-refractivity contribution in [3.63, 3.8) is 0 Å². The molecule has 1 aliphatic rings. The van der Waals surface area contributed by atoms with Crippen molar-refractivity contribution in [2.45, 2.75) is 12.8 Å². The molecule has 0 saturated carbocycles. The van der Waals surface area contributed by atoms with Gasteiger partial charge in [-0.2, -0.15) is 0 Å². The molecular formula is C20H17F2NO6. The van der Waals surface area contributed by atoms with E-state index in [0.717, 1.165) is 12.1 Å². The Morgan fingerprint density at radius 1 is 1.03 bits per heavy atom. The van der Waals surface area contributed by atoms with Crippen LogP contribution in [0.25, 0.3) is 0 Å². The molecule has 0 atom stereocenters. The zero-order valence-corrected chi connectivity index (χ0v) is 15.2. The van der Waals surface area contributed by atoms with E-state index in [1.54, 1.807) is 12.1 Å². The summed E-state index contributed by atoms with van der Waals surface area (Å²) in [5, 5.41) is 2.43. The van der Waals surface area contributed by atoms with Gasteiger partial charge in [-0.15, -0.1) is 0 Å². The highest BCUT2D eigenvalue weighted by Gasteiger charge is 2.17. The quantitative estimate of drug-likeness (QED) is 0.413. The van der Waals surface area contributed by atoms with E-state index in [1.165, 1.54) is 6.07 Å². The van der Waals surface area contributed by atoms with Crippen LogP contribution in [-0.2, 0) is 9.53 Å². The third-order valence-electron chi connectivity index (χ3n) is 4.08. The number of rotatable bonds is 8. The molecule has 0 saturated heterocycles. The maximum absolute atomic E-state index is 13.5. The number of carbonyl (C=O) groups excluding carboxylic acids is 3. The van der Waals surface area contributed by atoms with Crippen molar-refractivity contribution in [2.75, 3.05) is 19.9 Å². The molecule has 152 valence electrons. The molecule has 1 heterocycles. The molecule has 2 aromatic rings. The number of halogens is 2. The van der Waals surface area contributed by atoms with Gasteiger partial charge in [0.1, 0.15) is 11.6 Å². The first-order valence-electron chi connectivity index (χ1n) is 8.76. The number of fused-ring (bicyclic) bond motifs is 1. The number of Topliss-reactive ketones (excluding diaryl/α,β-unsaturated/α-hetero) is 1. The normalized spacial score (nSPS) is 11.8. The van der Waals surface area contributed by atoms with Crippen LogP contribution in [0.3, 0.4) is 0 Å². The number of hydrogen-bond donors (Lipinski definition) is 1. The van der Waals surface area contributed by atoms with Crippen molar-refractivity contribution in [3.05, 3.63) is 59.2 Å². The van der Waals surface area contributed by atoms with Gasteiger partial charge in [0, 0.05) is 24.6 Å². The van der Waals surface area contributed by atoms with Gasteiger partial charge in [-0.3, -0.25) is 14.4 Å². The Morgan fingerprint density at radius 3 is 2.62 bits per heavy atom. The summed E-state index contributed by atoms with van der Waals surface area (Å²) >= 11 is 0. The number of carbonyl (C=O) groups is 3. The van der Waals surface area contributed by atoms with Crippen LogP contribution >= 0.6 is 0 Å². The molecule has 0 spiro atoms. The van der Waals surface area contributed by atoms with Gasteiger partial charge < -0.3 is 19.5 Å². The predicted molar refractivity (Wildman–Crippen MR) is 95.8 cm³/mol. The Hall–Kier alpha value is -3.49. The number of esters is 1. The Morgan fingerprint density at radius 2 is 1.83 bits per heavy atom. The predicted octanol–water partition coefficient (Wildman–Crippen LogP) is 2.63. The van der Waals surface area contributed by atoms with Gasteiger partial charge in [-0.05, 0) is 36.8 Å². The first-order valence-corrected chi connectivity index (χ1v) is 8.76. The highest BCUT2D eigenvalue weighted by Crippen LogP contribution is 2.32. The molecule has 1 aliphatic heterocycles. The topological polar surface area (TPSA) is 90.9 Å². The van der Waals surface area contributed by atoms with Crippen LogP contribution in [0.1, 0.15) is 33.6 Å². The fourth-order valence-electron chi connectivity index (χ4n) is 2.58. The molecular weight excluding hydrogens is 388 g/mol. The summed E-state index contributed by atoms with van der Waals surface area (Å²) in [5.41, 5.74) is 0.0407. The second-order valence-electron chi connectivity index (χ2n) is 6.14. The zero-order valence-electron chi connectivity index (χ0n) is 15.2. The number of benzene rings is 2. The molecule has 3 rings (SSSR count). The minimum absolute atomic E-state index is 0.0411. The largest absolute Gasteiger partial charge is 0.457 e. The standard InChI is InChI=1S/C20H17F2NO6/c21-13-4-5-14(15(22)9-13)20(26)23-7-1-2-19(25)27-10-16(24)12-3-6-17-18(8-12)29-11-28-17/h3-6,8-9H,1-2,7,10-11H2,(H,23,26). The molecule has 1 amide bonds. The summed E-state index contributed by atoms with van der Waals surface area (Å²) in [5.74, 6) is -2.47. The minimum Gasteiger partial charge on any atom is -0.457 e. The van der Waals surface area contributed by atoms with E-state index in [0.29, 0.717) is 23.1 Å². The molecule has 9 heteroatoms. The molecule has 0 fully saturated rings. The van der Waals surface area contributed by atoms with Gasteiger partial charge in [0.15, 0.2) is 23.9 Å². The van der Waals surface area contributed by atoms with E-state index in [-0.39, 0.29) is 31.7 Å². The minimum atomic E-state index is -0.969. The molecule has 1 N–H and O–H groups in total. The lowest BCUT2D eigenvalue weighted by Crippen LogP contribution is -2.26. The van der Waals surface area contributed by atoms with Crippen LogP contribution in [0.15, 0.2) is 36.4 Å². The third-order valence-corrected chi connectivity index (χ3v) is 4.08. The van der Waals surface area contributed by atoms with Crippen molar-refractivity contribution in [3.8, 4) is 11.5 Å². The van der Waals surface area contributed by atoms with Gasteiger partial charge in [-0.1, -0.05) is 0 Å². The average molecular weight is 405 g/mol. The highest BCUT2D eigenvalue weighted by atomic mass is 19.1. The van der Waals surface area contributed by atoms with Crippen LogP contribution in [0.4, 0.5) is 8.78 Å². The Kier molecular flexibility index (Phi) is 6.38. The first-order chi connectivity index (χ1) is 13.9. The second kappa shape index (κ2) is 9.13. The molecule has 29 heavy (non-hydrogen) atoms.